The van der Waals surface area contributed by atoms with Crippen molar-refractivity contribution in [1.29, 1.82) is 0 Å². The molecule has 3 amide bonds. The average molecular weight is 425 g/mol. The molecule has 3 aliphatic rings. The van der Waals surface area contributed by atoms with Crippen molar-refractivity contribution in [2.45, 2.75) is 38.0 Å². The van der Waals surface area contributed by atoms with Crippen molar-refractivity contribution < 1.29 is 19.1 Å². The van der Waals surface area contributed by atoms with E-state index in [0.717, 1.165) is 48.9 Å². The molecule has 0 radical (unpaired) electrons. The zero-order valence-electron chi connectivity index (χ0n) is 17.8. The Kier molecular flexibility index (Phi) is 5.25. The predicted molar refractivity (Wildman–Crippen MR) is 113 cm³/mol. The summed E-state index contributed by atoms with van der Waals surface area (Å²) in [4.78, 5) is 38.4. The van der Waals surface area contributed by atoms with E-state index >= 15 is 0 Å². The van der Waals surface area contributed by atoms with E-state index in [1.54, 1.807) is 0 Å². The topological polar surface area (TPSA) is 93.5 Å². The molecule has 3 fully saturated rings. The van der Waals surface area contributed by atoms with Crippen LogP contribution < -0.4 is 5.32 Å². The number of carbonyl (C=O) groups is 3. The van der Waals surface area contributed by atoms with Gasteiger partial charge in [0.1, 0.15) is 0 Å². The number of amides is 3. The van der Waals surface area contributed by atoms with Crippen LogP contribution in [0.3, 0.4) is 0 Å². The number of para-hydroxylation sites is 1. The predicted octanol–water partition coefficient (Wildman–Crippen LogP) is 1.52. The fourth-order valence-corrected chi connectivity index (χ4v) is 5.13. The molecule has 2 aromatic rings. The molecule has 0 bridgehead atoms. The van der Waals surface area contributed by atoms with Gasteiger partial charge in [-0.15, -0.1) is 0 Å². The highest BCUT2D eigenvalue weighted by Crippen LogP contribution is 2.33. The van der Waals surface area contributed by atoms with Crippen LogP contribution in [-0.4, -0.2) is 58.7 Å². The number of piperidine rings is 2. The summed E-state index contributed by atoms with van der Waals surface area (Å²) in [7, 11) is 1.92. The molecule has 1 N–H and O–H groups in total. The number of benzene rings is 1. The Balaban J connectivity index is 1.32. The number of nitrogens with zero attached hydrogens (tertiary/aromatic N) is 3. The van der Waals surface area contributed by atoms with Gasteiger partial charge in [-0.2, -0.15) is 5.10 Å². The summed E-state index contributed by atoms with van der Waals surface area (Å²) < 4.78 is 7.03. The molecule has 0 aliphatic carbocycles. The Morgan fingerprint density at radius 2 is 1.97 bits per heavy atom. The lowest BCUT2D eigenvalue weighted by Gasteiger charge is -2.36. The standard InChI is InChI=1S/C23H28N4O4/c1-26-21-15(11-14-7-9-27(10-8-14)23(30)16-12-31-13-16)3-2-4-17(21)20(25-26)18-5-6-19(28)24-22(18)29/h2-4,14,16,18H,5-13H2,1H3,(H,24,28,29). The molecule has 3 saturated heterocycles. The number of carbonyl (C=O) groups excluding carboxylic acids is 3. The highest BCUT2D eigenvalue weighted by Gasteiger charge is 2.34. The number of nitrogens with one attached hydrogen (secondary N) is 1. The van der Waals surface area contributed by atoms with Crippen LogP contribution >= 0.6 is 0 Å². The van der Waals surface area contributed by atoms with Crippen LogP contribution in [0.25, 0.3) is 10.9 Å². The molecule has 31 heavy (non-hydrogen) atoms. The fraction of sp³-hybridized carbons (Fsp3) is 0.565. The number of rotatable bonds is 4. The highest BCUT2D eigenvalue weighted by atomic mass is 16.5. The van der Waals surface area contributed by atoms with Gasteiger partial charge in [0.25, 0.3) is 0 Å². The van der Waals surface area contributed by atoms with Gasteiger partial charge < -0.3 is 9.64 Å². The Morgan fingerprint density at radius 3 is 2.65 bits per heavy atom. The van der Waals surface area contributed by atoms with E-state index in [1.165, 1.54) is 5.56 Å². The molecule has 1 unspecified atom stereocenters. The minimum absolute atomic E-state index is 0.0606. The molecule has 1 aromatic carbocycles. The molecule has 0 spiro atoms. The largest absolute Gasteiger partial charge is 0.380 e. The zero-order valence-corrected chi connectivity index (χ0v) is 17.8. The number of hydrogen-bond donors (Lipinski definition) is 1. The second-order valence-corrected chi connectivity index (χ2v) is 9.03. The van der Waals surface area contributed by atoms with E-state index < -0.39 is 0 Å². The summed E-state index contributed by atoms with van der Waals surface area (Å²) in [5, 5.41) is 8.13. The van der Waals surface area contributed by atoms with Crippen molar-refractivity contribution in [3.63, 3.8) is 0 Å². The quantitative estimate of drug-likeness (QED) is 0.751. The van der Waals surface area contributed by atoms with Gasteiger partial charge in [-0.25, -0.2) is 0 Å². The first kappa shape index (κ1) is 20.2. The molecule has 164 valence electrons. The maximum Gasteiger partial charge on any atom is 0.235 e. The Hall–Kier alpha value is -2.74. The summed E-state index contributed by atoms with van der Waals surface area (Å²) >= 11 is 0. The van der Waals surface area contributed by atoms with Gasteiger partial charge in [-0.3, -0.25) is 24.4 Å². The summed E-state index contributed by atoms with van der Waals surface area (Å²) in [5.74, 6) is -0.0345. The summed E-state index contributed by atoms with van der Waals surface area (Å²) in [6, 6.07) is 6.19. The van der Waals surface area contributed by atoms with Crippen LogP contribution in [-0.2, 0) is 32.6 Å². The first-order chi connectivity index (χ1) is 15.0. The average Bonchev–Trinajstić information content (AvgIpc) is 3.05. The first-order valence-corrected chi connectivity index (χ1v) is 11.2. The summed E-state index contributed by atoms with van der Waals surface area (Å²) in [5.41, 5.74) is 3.04. The van der Waals surface area contributed by atoms with Crippen molar-refractivity contribution in [1.82, 2.24) is 20.0 Å². The number of fused-ring (bicyclic) bond motifs is 1. The van der Waals surface area contributed by atoms with Crippen molar-refractivity contribution in [2.24, 2.45) is 18.9 Å². The lowest BCUT2D eigenvalue weighted by atomic mass is 9.88. The molecule has 1 atom stereocenters. The minimum Gasteiger partial charge on any atom is -0.380 e. The maximum atomic E-state index is 12.4. The number of aryl methyl sites for hydroxylation is 1. The number of hydrogen-bond acceptors (Lipinski definition) is 5. The molecule has 5 rings (SSSR count). The van der Waals surface area contributed by atoms with Crippen LogP contribution in [0.5, 0.6) is 0 Å². The number of likely N-dealkylation sites (tertiary alicyclic amines) is 1. The smallest absolute Gasteiger partial charge is 0.235 e. The molecular formula is C23H28N4O4. The van der Waals surface area contributed by atoms with Gasteiger partial charge in [-0.1, -0.05) is 18.2 Å². The second-order valence-electron chi connectivity index (χ2n) is 9.03. The Labute approximate surface area is 180 Å². The van der Waals surface area contributed by atoms with Crippen LogP contribution in [0.4, 0.5) is 0 Å². The number of aromatic nitrogens is 2. The van der Waals surface area contributed by atoms with E-state index in [9.17, 15) is 14.4 Å². The van der Waals surface area contributed by atoms with Gasteiger partial charge in [0, 0.05) is 31.9 Å². The van der Waals surface area contributed by atoms with E-state index in [-0.39, 0.29) is 29.6 Å². The lowest BCUT2D eigenvalue weighted by molar-refractivity contribution is -0.151. The van der Waals surface area contributed by atoms with E-state index in [4.69, 9.17) is 9.84 Å². The fourth-order valence-electron chi connectivity index (χ4n) is 5.13. The van der Waals surface area contributed by atoms with E-state index in [2.05, 4.69) is 11.4 Å². The van der Waals surface area contributed by atoms with Gasteiger partial charge in [-0.05, 0) is 37.2 Å². The summed E-state index contributed by atoms with van der Waals surface area (Å²) in [6.45, 7) is 2.75. The number of imide groups is 1. The molecule has 4 heterocycles. The monoisotopic (exact) mass is 424 g/mol. The van der Waals surface area contributed by atoms with E-state index in [0.29, 0.717) is 32.0 Å². The minimum atomic E-state index is -0.388. The Bertz CT molecular complexity index is 1030. The van der Waals surface area contributed by atoms with Gasteiger partial charge in [0.2, 0.25) is 17.7 Å². The Morgan fingerprint density at radius 1 is 1.19 bits per heavy atom. The third kappa shape index (κ3) is 3.73. The third-order valence-electron chi connectivity index (χ3n) is 6.97. The van der Waals surface area contributed by atoms with Crippen molar-refractivity contribution in [3.05, 3.63) is 29.5 Å². The normalized spacial score (nSPS) is 23.1. The van der Waals surface area contributed by atoms with Crippen LogP contribution in [0.2, 0.25) is 0 Å². The summed E-state index contributed by atoms with van der Waals surface area (Å²) in [6.07, 6.45) is 3.76. The van der Waals surface area contributed by atoms with Crippen molar-refractivity contribution in [2.75, 3.05) is 26.3 Å². The SMILES string of the molecule is Cn1nc(C2CCC(=O)NC2=O)c2cccc(CC3CCN(C(=O)C4COC4)CC3)c21. The zero-order chi connectivity index (χ0) is 21.5. The second kappa shape index (κ2) is 8.07. The van der Waals surface area contributed by atoms with Gasteiger partial charge in [0.05, 0.1) is 36.3 Å². The van der Waals surface area contributed by atoms with Crippen LogP contribution in [0.1, 0.15) is 42.9 Å². The maximum absolute atomic E-state index is 12.4. The van der Waals surface area contributed by atoms with Gasteiger partial charge in [0.15, 0.2) is 0 Å². The van der Waals surface area contributed by atoms with Crippen molar-refractivity contribution >= 4 is 28.6 Å². The van der Waals surface area contributed by atoms with Crippen LogP contribution in [0, 0.1) is 11.8 Å². The van der Waals surface area contributed by atoms with Crippen molar-refractivity contribution in [3.8, 4) is 0 Å². The third-order valence-corrected chi connectivity index (χ3v) is 6.97. The highest BCUT2D eigenvalue weighted by molar-refractivity contribution is 6.02. The molecule has 8 heteroatoms. The van der Waals surface area contributed by atoms with E-state index in [1.807, 2.05) is 28.8 Å². The molecule has 8 nitrogen and oxygen atoms in total. The molecule has 0 saturated carbocycles. The molecular weight excluding hydrogens is 396 g/mol. The molecule has 3 aliphatic heterocycles. The first-order valence-electron chi connectivity index (χ1n) is 11.2. The number of ether oxygens (including phenoxy) is 1. The lowest BCUT2D eigenvalue weighted by Crippen LogP contribution is -2.47. The van der Waals surface area contributed by atoms with Crippen LogP contribution in [0.15, 0.2) is 18.2 Å². The molecule has 1 aromatic heterocycles. The van der Waals surface area contributed by atoms with Gasteiger partial charge >= 0.3 is 0 Å².